The van der Waals surface area contributed by atoms with Crippen LogP contribution in [0.3, 0.4) is 0 Å². The molecule has 0 aliphatic rings. The predicted molar refractivity (Wildman–Crippen MR) is 69.5 cm³/mol. The molecule has 0 bridgehead atoms. The Morgan fingerprint density at radius 3 is 2.33 bits per heavy atom. The first kappa shape index (κ1) is 12.6. The molecule has 1 nitrogen and oxygen atoms in total. The molecular formula is C13H21NS. The van der Waals surface area contributed by atoms with Gasteiger partial charge in [-0.05, 0) is 24.6 Å². The molecule has 15 heavy (non-hydrogen) atoms. The number of thioether (sulfide) groups is 1. The summed E-state index contributed by atoms with van der Waals surface area (Å²) in [7, 11) is 0. The molecule has 0 amide bonds. The SMILES string of the molecule is CC(C)CNCC(C)Sc1ccccc1. The van der Waals surface area contributed by atoms with Gasteiger partial charge in [0.05, 0.1) is 0 Å². The number of hydrogen-bond donors (Lipinski definition) is 1. The van der Waals surface area contributed by atoms with Crippen LogP contribution in [0.5, 0.6) is 0 Å². The molecule has 1 aromatic rings. The second-order valence-electron chi connectivity index (χ2n) is 4.29. The Morgan fingerprint density at radius 2 is 1.73 bits per heavy atom. The molecular weight excluding hydrogens is 202 g/mol. The largest absolute Gasteiger partial charge is 0.315 e. The van der Waals surface area contributed by atoms with Crippen LogP contribution in [0.1, 0.15) is 20.8 Å². The van der Waals surface area contributed by atoms with Gasteiger partial charge in [0.2, 0.25) is 0 Å². The third-order valence-corrected chi connectivity index (χ3v) is 3.18. The fourth-order valence-electron chi connectivity index (χ4n) is 1.35. The second-order valence-corrected chi connectivity index (χ2v) is 5.81. The lowest BCUT2D eigenvalue weighted by Gasteiger charge is -2.13. The van der Waals surface area contributed by atoms with E-state index in [1.807, 2.05) is 11.8 Å². The molecule has 0 aliphatic heterocycles. The molecule has 0 saturated heterocycles. The Hall–Kier alpha value is -0.470. The van der Waals surface area contributed by atoms with Crippen LogP contribution >= 0.6 is 11.8 Å². The van der Waals surface area contributed by atoms with Crippen molar-refractivity contribution in [2.75, 3.05) is 13.1 Å². The van der Waals surface area contributed by atoms with E-state index >= 15 is 0 Å². The average molecular weight is 223 g/mol. The van der Waals surface area contributed by atoms with Gasteiger partial charge in [0, 0.05) is 16.7 Å². The summed E-state index contributed by atoms with van der Waals surface area (Å²) in [4.78, 5) is 1.36. The van der Waals surface area contributed by atoms with Gasteiger partial charge < -0.3 is 5.32 Å². The molecule has 0 radical (unpaired) electrons. The number of nitrogens with one attached hydrogen (secondary N) is 1. The highest BCUT2D eigenvalue weighted by Crippen LogP contribution is 2.21. The lowest BCUT2D eigenvalue weighted by molar-refractivity contribution is 0.554. The van der Waals surface area contributed by atoms with E-state index in [1.165, 1.54) is 4.90 Å². The maximum atomic E-state index is 3.48. The van der Waals surface area contributed by atoms with E-state index in [4.69, 9.17) is 0 Å². The Labute approximate surface area is 97.7 Å². The first-order chi connectivity index (χ1) is 7.18. The standard InChI is InChI=1S/C13H21NS/c1-11(2)9-14-10-12(3)15-13-7-5-4-6-8-13/h4-8,11-12,14H,9-10H2,1-3H3. The lowest BCUT2D eigenvalue weighted by Crippen LogP contribution is -2.26. The minimum absolute atomic E-state index is 0.631. The number of hydrogen-bond acceptors (Lipinski definition) is 2. The lowest BCUT2D eigenvalue weighted by atomic mass is 10.2. The average Bonchev–Trinajstić information content (AvgIpc) is 2.18. The molecule has 1 rings (SSSR count). The zero-order chi connectivity index (χ0) is 11.1. The highest BCUT2D eigenvalue weighted by molar-refractivity contribution is 8.00. The summed E-state index contributed by atoms with van der Waals surface area (Å²) in [6.07, 6.45) is 0. The van der Waals surface area contributed by atoms with Crippen molar-refractivity contribution in [3.05, 3.63) is 30.3 Å². The topological polar surface area (TPSA) is 12.0 Å². The zero-order valence-corrected chi connectivity index (χ0v) is 10.7. The van der Waals surface area contributed by atoms with Crippen molar-refractivity contribution in [3.63, 3.8) is 0 Å². The van der Waals surface area contributed by atoms with Crippen molar-refractivity contribution in [2.45, 2.75) is 30.9 Å². The highest BCUT2D eigenvalue weighted by atomic mass is 32.2. The Kier molecular flexibility index (Phi) is 5.81. The van der Waals surface area contributed by atoms with E-state index in [9.17, 15) is 0 Å². The Balaban J connectivity index is 2.21. The van der Waals surface area contributed by atoms with Crippen molar-refractivity contribution in [2.24, 2.45) is 5.92 Å². The summed E-state index contributed by atoms with van der Waals surface area (Å²) in [5, 5.41) is 4.11. The van der Waals surface area contributed by atoms with Crippen LogP contribution < -0.4 is 5.32 Å². The molecule has 1 atom stereocenters. The molecule has 2 heteroatoms. The predicted octanol–water partition coefficient (Wildman–Crippen LogP) is 3.41. The van der Waals surface area contributed by atoms with E-state index in [0.29, 0.717) is 5.25 Å². The van der Waals surface area contributed by atoms with Gasteiger partial charge in [-0.15, -0.1) is 11.8 Å². The third-order valence-electron chi connectivity index (χ3n) is 2.06. The van der Waals surface area contributed by atoms with Crippen LogP contribution in [0, 0.1) is 5.92 Å². The number of rotatable bonds is 6. The van der Waals surface area contributed by atoms with Crippen LogP contribution in [0.2, 0.25) is 0 Å². The van der Waals surface area contributed by atoms with Crippen molar-refractivity contribution >= 4 is 11.8 Å². The monoisotopic (exact) mass is 223 g/mol. The van der Waals surface area contributed by atoms with Gasteiger partial charge in [0.1, 0.15) is 0 Å². The first-order valence-electron chi connectivity index (χ1n) is 5.61. The molecule has 1 N–H and O–H groups in total. The maximum Gasteiger partial charge on any atom is 0.0191 e. The second kappa shape index (κ2) is 6.91. The van der Waals surface area contributed by atoms with Crippen molar-refractivity contribution in [1.29, 1.82) is 0 Å². The van der Waals surface area contributed by atoms with Crippen molar-refractivity contribution in [3.8, 4) is 0 Å². The summed E-state index contributed by atoms with van der Waals surface area (Å²) >= 11 is 1.93. The molecule has 0 aliphatic carbocycles. The fraction of sp³-hybridized carbons (Fsp3) is 0.538. The van der Waals surface area contributed by atoms with Crippen molar-refractivity contribution < 1.29 is 0 Å². The molecule has 1 unspecified atom stereocenters. The Bertz CT molecular complexity index is 258. The van der Waals surface area contributed by atoms with Gasteiger partial charge in [-0.3, -0.25) is 0 Å². The summed E-state index contributed by atoms with van der Waals surface area (Å²) in [5.74, 6) is 0.735. The highest BCUT2D eigenvalue weighted by Gasteiger charge is 2.03. The minimum Gasteiger partial charge on any atom is -0.315 e. The van der Waals surface area contributed by atoms with Gasteiger partial charge in [-0.25, -0.2) is 0 Å². The summed E-state index contributed by atoms with van der Waals surface area (Å²) < 4.78 is 0. The Morgan fingerprint density at radius 1 is 1.07 bits per heavy atom. The normalized spacial score (nSPS) is 13.1. The molecule has 0 heterocycles. The summed E-state index contributed by atoms with van der Waals surface area (Å²) in [5.41, 5.74) is 0. The van der Waals surface area contributed by atoms with Crippen LogP contribution in [-0.2, 0) is 0 Å². The zero-order valence-electron chi connectivity index (χ0n) is 9.86. The van der Waals surface area contributed by atoms with E-state index in [2.05, 4.69) is 56.4 Å². The summed E-state index contributed by atoms with van der Waals surface area (Å²) in [6.45, 7) is 8.94. The molecule has 0 spiro atoms. The van der Waals surface area contributed by atoms with Gasteiger partial charge in [0.25, 0.3) is 0 Å². The summed E-state index contributed by atoms with van der Waals surface area (Å²) in [6, 6.07) is 10.6. The first-order valence-corrected chi connectivity index (χ1v) is 6.49. The van der Waals surface area contributed by atoms with Crippen LogP contribution in [0.15, 0.2) is 35.2 Å². The van der Waals surface area contributed by atoms with E-state index in [0.717, 1.165) is 19.0 Å². The van der Waals surface area contributed by atoms with Crippen LogP contribution in [0.4, 0.5) is 0 Å². The van der Waals surface area contributed by atoms with E-state index in [1.54, 1.807) is 0 Å². The number of benzene rings is 1. The van der Waals surface area contributed by atoms with E-state index < -0.39 is 0 Å². The third kappa shape index (κ3) is 5.85. The molecule has 1 aromatic carbocycles. The fourth-order valence-corrected chi connectivity index (χ4v) is 2.33. The molecule has 0 saturated carbocycles. The quantitative estimate of drug-likeness (QED) is 0.742. The van der Waals surface area contributed by atoms with Gasteiger partial charge >= 0.3 is 0 Å². The molecule has 0 fully saturated rings. The van der Waals surface area contributed by atoms with Crippen LogP contribution in [0.25, 0.3) is 0 Å². The maximum absolute atomic E-state index is 3.48. The molecule has 0 aromatic heterocycles. The van der Waals surface area contributed by atoms with Gasteiger partial charge in [-0.1, -0.05) is 39.0 Å². The smallest absolute Gasteiger partial charge is 0.0191 e. The molecule has 84 valence electrons. The minimum atomic E-state index is 0.631. The van der Waals surface area contributed by atoms with E-state index in [-0.39, 0.29) is 0 Å². The van der Waals surface area contributed by atoms with Crippen molar-refractivity contribution in [1.82, 2.24) is 5.32 Å². The van der Waals surface area contributed by atoms with Gasteiger partial charge in [0.15, 0.2) is 0 Å². The van der Waals surface area contributed by atoms with Crippen LogP contribution in [-0.4, -0.2) is 18.3 Å². The van der Waals surface area contributed by atoms with Gasteiger partial charge in [-0.2, -0.15) is 0 Å².